The number of ether oxygens (including phenoxy) is 1. The van der Waals surface area contributed by atoms with Crippen LogP contribution in [0, 0.1) is 11.7 Å². The number of hydrogen-bond donors (Lipinski definition) is 0. The molecule has 0 spiro atoms. The summed E-state index contributed by atoms with van der Waals surface area (Å²) < 4.78 is 21.8. The number of benzene rings is 2. The average Bonchev–Trinajstić information content (AvgIpc) is 3.27. The molecule has 0 N–H and O–H groups in total. The third-order valence-electron chi connectivity index (χ3n) is 8.50. The van der Waals surface area contributed by atoms with E-state index in [1.165, 1.54) is 37.9 Å². The summed E-state index contributed by atoms with van der Waals surface area (Å²) in [6.07, 6.45) is 6.82. The van der Waals surface area contributed by atoms with Crippen LogP contribution in [0.3, 0.4) is 0 Å². The Bertz CT molecular complexity index is 1230. The van der Waals surface area contributed by atoms with E-state index in [0.717, 1.165) is 55.5 Å². The molecule has 7 heteroatoms. The number of fused-ring (bicyclic) bond motifs is 1. The maximum absolute atomic E-state index is 13.9. The minimum absolute atomic E-state index is 0.0336. The SMILES string of the molecule is CCC1CCC(C)N(CCCOc2ccc(N3CCN(C(=O)c4cn(C)c5ccc(F)cc45)CC3)cc2)C1. The summed E-state index contributed by atoms with van der Waals surface area (Å²) >= 11 is 0. The van der Waals surface area contributed by atoms with E-state index < -0.39 is 0 Å². The number of aromatic nitrogens is 1. The van der Waals surface area contributed by atoms with Gasteiger partial charge in [-0.2, -0.15) is 0 Å². The second-order valence-corrected chi connectivity index (χ2v) is 11.0. The van der Waals surface area contributed by atoms with Gasteiger partial charge in [-0.05, 0) is 74.6 Å². The number of likely N-dealkylation sites (tertiary alicyclic amines) is 1. The van der Waals surface area contributed by atoms with E-state index in [9.17, 15) is 9.18 Å². The van der Waals surface area contributed by atoms with Crippen molar-refractivity contribution in [1.29, 1.82) is 0 Å². The molecule has 204 valence electrons. The molecule has 2 aliphatic heterocycles. The van der Waals surface area contributed by atoms with E-state index in [1.807, 2.05) is 34.8 Å². The van der Waals surface area contributed by atoms with Gasteiger partial charge in [0.25, 0.3) is 5.91 Å². The van der Waals surface area contributed by atoms with Crippen molar-refractivity contribution in [1.82, 2.24) is 14.4 Å². The lowest BCUT2D eigenvalue weighted by atomic mass is 9.91. The molecule has 0 radical (unpaired) electrons. The molecular weight excluding hydrogens is 479 g/mol. The number of amides is 1. The van der Waals surface area contributed by atoms with Crippen LogP contribution in [0.25, 0.3) is 10.9 Å². The Labute approximate surface area is 226 Å². The number of nitrogens with zero attached hydrogens (tertiary/aromatic N) is 4. The van der Waals surface area contributed by atoms with E-state index in [0.29, 0.717) is 30.1 Å². The van der Waals surface area contributed by atoms with Crippen molar-refractivity contribution in [3.63, 3.8) is 0 Å². The molecule has 2 aromatic carbocycles. The molecule has 3 aromatic rings. The van der Waals surface area contributed by atoms with Crippen LogP contribution in [0.15, 0.2) is 48.7 Å². The zero-order valence-corrected chi connectivity index (χ0v) is 23.0. The highest BCUT2D eigenvalue weighted by Gasteiger charge is 2.26. The quantitative estimate of drug-likeness (QED) is 0.365. The molecule has 2 saturated heterocycles. The molecule has 2 unspecified atom stereocenters. The normalized spacial score (nSPS) is 20.7. The van der Waals surface area contributed by atoms with Gasteiger partial charge in [0.15, 0.2) is 0 Å². The van der Waals surface area contributed by atoms with Gasteiger partial charge >= 0.3 is 0 Å². The monoisotopic (exact) mass is 520 g/mol. The molecule has 2 aliphatic rings. The van der Waals surface area contributed by atoms with Gasteiger partial charge in [-0.3, -0.25) is 4.79 Å². The van der Waals surface area contributed by atoms with Crippen LogP contribution in [0.4, 0.5) is 10.1 Å². The van der Waals surface area contributed by atoms with Crippen LogP contribution in [-0.4, -0.2) is 72.2 Å². The lowest BCUT2D eigenvalue weighted by Crippen LogP contribution is -2.48. The summed E-state index contributed by atoms with van der Waals surface area (Å²) in [6, 6.07) is 13.6. The molecule has 1 aromatic heterocycles. The number of aryl methyl sites for hydroxylation is 1. The Morgan fingerprint density at radius 3 is 2.55 bits per heavy atom. The van der Waals surface area contributed by atoms with E-state index >= 15 is 0 Å². The topological polar surface area (TPSA) is 41.0 Å². The smallest absolute Gasteiger partial charge is 0.256 e. The summed E-state index contributed by atoms with van der Waals surface area (Å²) in [6.45, 7) is 10.5. The van der Waals surface area contributed by atoms with Gasteiger partial charge in [0.1, 0.15) is 11.6 Å². The van der Waals surface area contributed by atoms with E-state index in [1.54, 1.807) is 6.07 Å². The van der Waals surface area contributed by atoms with Gasteiger partial charge in [-0.25, -0.2) is 4.39 Å². The fourth-order valence-corrected chi connectivity index (χ4v) is 5.99. The predicted octanol–water partition coefficient (Wildman–Crippen LogP) is 5.56. The summed E-state index contributed by atoms with van der Waals surface area (Å²) in [7, 11) is 1.89. The summed E-state index contributed by atoms with van der Waals surface area (Å²) in [5.41, 5.74) is 2.57. The maximum Gasteiger partial charge on any atom is 0.256 e. The first kappa shape index (κ1) is 26.5. The van der Waals surface area contributed by atoms with Crippen LogP contribution in [-0.2, 0) is 7.05 Å². The first-order valence-corrected chi connectivity index (χ1v) is 14.2. The van der Waals surface area contributed by atoms with Crippen molar-refractivity contribution in [2.24, 2.45) is 13.0 Å². The molecule has 3 heterocycles. The molecule has 2 atom stereocenters. The molecular formula is C31H41FN4O2. The third-order valence-corrected chi connectivity index (χ3v) is 8.50. The largest absolute Gasteiger partial charge is 0.494 e. The predicted molar refractivity (Wildman–Crippen MR) is 152 cm³/mol. The van der Waals surface area contributed by atoms with Gasteiger partial charge in [0.05, 0.1) is 12.2 Å². The third kappa shape index (κ3) is 5.83. The van der Waals surface area contributed by atoms with Crippen LogP contribution in [0.1, 0.15) is 49.9 Å². The number of carbonyl (C=O) groups excluding carboxylic acids is 1. The zero-order valence-electron chi connectivity index (χ0n) is 23.0. The Hall–Kier alpha value is -3.06. The molecule has 0 saturated carbocycles. The van der Waals surface area contributed by atoms with Crippen molar-refractivity contribution in [2.45, 2.75) is 45.6 Å². The number of anilines is 1. The molecule has 0 bridgehead atoms. The Morgan fingerprint density at radius 1 is 1.05 bits per heavy atom. The second kappa shape index (κ2) is 11.8. The van der Waals surface area contributed by atoms with Gasteiger partial charge < -0.3 is 24.0 Å². The molecule has 5 rings (SSSR count). The number of hydrogen-bond acceptors (Lipinski definition) is 4. The summed E-state index contributed by atoms with van der Waals surface area (Å²) in [5.74, 6) is 1.40. The number of rotatable bonds is 8. The van der Waals surface area contributed by atoms with Gasteiger partial charge in [0.2, 0.25) is 0 Å². The number of halogens is 1. The minimum atomic E-state index is -0.322. The van der Waals surface area contributed by atoms with Crippen LogP contribution < -0.4 is 9.64 Å². The van der Waals surface area contributed by atoms with E-state index in [-0.39, 0.29) is 11.7 Å². The van der Waals surface area contributed by atoms with Crippen LogP contribution in [0.5, 0.6) is 5.75 Å². The molecule has 38 heavy (non-hydrogen) atoms. The van der Waals surface area contributed by atoms with Crippen molar-refractivity contribution >= 4 is 22.5 Å². The molecule has 0 aliphatic carbocycles. The highest BCUT2D eigenvalue weighted by Crippen LogP contribution is 2.26. The number of carbonyl (C=O) groups is 1. The fraction of sp³-hybridized carbons (Fsp3) is 0.516. The highest BCUT2D eigenvalue weighted by molar-refractivity contribution is 6.07. The summed E-state index contributed by atoms with van der Waals surface area (Å²) in [4.78, 5) is 20.1. The van der Waals surface area contributed by atoms with Crippen LogP contribution in [0.2, 0.25) is 0 Å². The fourth-order valence-electron chi connectivity index (χ4n) is 5.99. The lowest BCUT2D eigenvalue weighted by molar-refractivity contribution is 0.0748. The van der Waals surface area contributed by atoms with E-state index in [4.69, 9.17) is 4.74 Å². The molecule has 6 nitrogen and oxygen atoms in total. The van der Waals surface area contributed by atoms with Gasteiger partial charge in [-0.15, -0.1) is 0 Å². The maximum atomic E-state index is 13.9. The highest BCUT2D eigenvalue weighted by atomic mass is 19.1. The number of piperidine rings is 1. The Kier molecular flexibility index (Phi) is 8.22. The Balaban J connectivity index is 1.09. The number of piperazine rings is 1. The van der Waals surface area contributed by atoms with E-state index in [2.05, 4.69) is 35.8 Å². The van der Waals surface area contributed by atoms with Gasteiger partial charge in [0, 0.05) is 75.1 Å². The average molecular weight is 521 g/mol. The van der Waals surface area contributed by atoms with Gasteiger partial charge in [-0.1, -0.05) is 13.3 Å². The summed E-state index contributed by atoms with van der Waals surface area (Å²) in [5, 5.41) is 0.672. The minimum Gasteiger partial charge on any atom is -0.494 e. The zero-order chi connectivity index (χ0) is 26.6. The standard InChI is InChI=1S/C31H41FN4O2/c1-4-24-7-6-23(2)36(21-24)14-5-19-38-27-11-9-26(10-12-27)34-15-17-35(18-16-34)31(37)29-22-33(3)30-13-8-25(32)20-28(29)30/h8-13,20,22-24H,4-7,14-19,21H2,1-3H3. The molecule has 1 amide bonds. The molecule has 2 fully saturated rings. The second-order valence-electron chi connectivity index (χ2n) is 11.0. The lowest BCUT2D eigenvalue weighted by Gasteiger charge is -2.37. The van der Waals surface area contributed by atoms with Crippen molar-refractivity contribution in [3.8, 4) is 5.75 Å². The first-order valence-electron chi connectivity index (χ1n) is 14.2. The van der Waals surface area contributed by atoms with Crippen molar-refractivity contribution in [2.75, 3.05) is 50.8 Å². The van der Waals surface area contributed by atoms with Crippen molar-refractivity contribution in [3.05, 3.63) is 60.0 Å². The van der Waals surface area contributed by atoms with Crippen LogP contribution >= 0.6 is 0 Å². The first-order chi connectivity index (χ1) is 18.4. The van der Waals surface area contributed by atoms with Crippen molar-refractivity contribution < 1.29 is 13.9 Å². The Morgan fingerprint density at radius 2 is 1.82 bits per heavy atom.